The first-order valence-corrected chi connectivity index (χ1v) is 5.97. The van der Waals surface area contributed by atoms with Crippen LogP contribution < -0.4 is 4.90 Å². The largest absolute Gasteiger partial charge is 0.465 e. The lowest BCUT2D eigenvalue weighted by molar-refractivity contribution is 0.0600. The van der Waals surface area contributed by atoms with Crippen LogP contribution in [0.25, 0.3) is 0 Å². The lowest BCUT2D eigenvalue weighted by atomic mass is 10.2. The molecule has 0 saturated carbocycles. The highest BCUT2D eigenvalue weighted by Crippen LogP contribution is 2.13. The van der Waals surface area contributed by atoms with Gasteiger partial charge in [0.05, 0.1) is 12.7 Å². The minimum Gasteiger partial charge on any atom is -0.465 e. The molecule has 1 atom stereocenters. The molecular weight excluding hydrogens is 232 g/mol. The van der Waals surface area contributed by atoms with E-state index in [4.69, 9.17) is 0 Å². The molecule has 6 heteroatoms. The zero-order valence-corrected chi connectivity index (χ0v) is 11.0. The van der Waals surface area contributed by atoms with E-state index in [1.165, 1.54) is 19.5 Å². The molecule has 1 aliphatic rings. The first-order chi connectivity index (χ1) is 8.61. The number of piperazine rings is 1. The number of nitrogens with zero attached hydrogens (tertiary/aromatic N) is 4. The number of methoxy groups -OCH3 is 1. The molecule has 0 unspecified atom stereocenters. The Labute approximate surface area is 107 Å². The molecule has 2 rings (SSSR count). The van der Waals surface area contributed by atoms with Crippen molar-refractivity contribution in [1.29, 1.82) is 0 Å². The molecule has 1 aliphatic heterocycles. The summed E-state index contributed by atoms with van der Waals surface area (Å²) < 4.78 is 4.61. The van der Waals surface area contributed by atoms with Gasteiger partial charge in [0.2, 0.25) is 5.95 Å². The van der Waals surface area contributed by atoms with Gasteiger partial charge in [0, 0.05) is 38.1 Å². The second-order valence-corrected chi connectivity index (χ2v) is 4.54. The monoisotopic (exact) mass is 250 g/mol. The molecule has 6 nitrogen and oxygen atoms in total. The molecule has 0 bridgehead atoms. The number of ether oxygens (including phenoxy) is 1. The zero-order chi connectivity index (χ0) is 13.1. The smallest absolute Gasteiger partial charge is 0.341 e. The lowest BCUT2D eigenvalue weighted by Crippen LogP contribution is -2.50. The van der Waals surface area contributed by atoms with Crippen LogP contribution in [0.5, 0.6) is 0 Å². The molecule has 0 spiro atoms. The summed E-state index contributed by atoms with van der Waals surface area (Å²) in [6.45, 7) is 4.96. The van der Waals surface area contributed by atoms with Gasteiger partial charge in [-0.1, -0.05) is 0 Å². The van der Waals surface area contributed by atoms with Gasteiger partial charge in [-0.25, -0.2) is 14.8 Å². The summed E-state index contributed by atoms with van der Waals surface area (Å²) in [5.41, 5.74) is 0.378. The van der Waals surface area contributed by atoms with Crippen LogP contribution >= 0.6 is 0 Å². The average molecular weight is 250 g/mol. The second kappa shape index (κ2) is 5.30. The maximum atomic E-state index is 11.3. The number of rotatable bonds is 2. The minimum atomic E-state index is -0.409. The number of hydrogen-bond donors (Lipinski definition) is 0. The molecule has 0 aliphatic carbocycles. The minimum absolute atomic E-state index is 0.378. The van der Waals surface area contributed by atoms with Crippen molar-refractivity contribution >= 4 is 11.9 Å². The third-order valence-electron chi connectivity index (χ3n) is 3.30. The van der Waals surface area contributed by atoms with Crippen molar-refractivity contribution in [3.63, 3.8) is 0 Å². The summed E-state index contributed by atoms with van der Waals surface area (Å²) in [6.07, 6.45) is 3.02. The summed E-state index contributed by atoms with van der Waals surface area (Å²) in [6, 6.07) is 0.475. The van der Waals surface area contributed by atoms with E-state index in [1.54, 1.807) is 0 Å². The highest BCUT2D eigenvalue weighted by atomic mass is 16.5. The molecule has 0 N–H and O–H groups in total. The van der Waals surface area contributed by atoms with Crippen LogP contribution in [0, 0.1) is 0 Å². The Balaban J connectivity index is 2.08. The predicted octanol–water partition coefficient (Wildman–Crippen LogP) is 0.403. The molecule has 0 aromatic carbocycles. The number of hydrogen-bond acceptors (Lipinski definition) is 6. The van der Waals surface area contributed by atoms with Crippen molar-refractivity contribution in [3.05, 3.63) is 18.0 Å². The normalized spacial score (nSPS) is 20.8. The molecular formula is C12H18N4O2. The lowest BCUT2D eigenvalue weighted by Gasteiger charge is -2.37. The van der Waals surface area contributed by atoms with Gasteiger partial charge in [0.25, 0.3) is 0 Å². The van der Waals surface area contributed by atoms with Gasteiger partial charge >= 0.3 is 5.97 Å². The van der Waals surface area contributed by atoms with Crippen molar-refractivity contribution in [3.8, 4) is 0 Å². The maximum Gasteiger partial charge on any atom is 0.341 e. The molecule has 1 aromatic heterocycles. The van der Waals surface area contributed by atoms with Crippen molar-refractivity contribution in [1.82, 2.24) is 14.9 Å². The fourth-order valence-corrected chi connectivity index (χ4v) is 1.94. The van der Waals surface area contributed by atoms with Gasteiger partial charge < -0.3 is 14.5 Å². The number of anilines is 1. The Kier molecular flexibility index (Phi) is 3.76. The fourth-order valence-electron chi connectivity index (χ4n) is 1.94. The summed E-state index contributed by atoms with van der Waals surface area (Å²) >= 11 is 0. The number of carbonyl (C=O) groups excluding carboxylic acids is 1. The van der Waals surface area contributed by atoms with E-state index in [0.717, 1.165) is 19.6 Å². The van der Waals surface area contributed by atoms with E-state index < -0.39 is 5.97 Å². The van der Waals surface area contributed by atoms with Crippen LogP contribution in [-0.2, 0) is 4.74 Å². The summed E-state index contributed by atoms with van der Waals surface area (Å²) in [4.78, 5) is 24.2. The van der Waals surface area contributed by atoms with Gasteiger partial charge in [-0.05, 0) is 14.0 Å². The zero-order valence-electron chi connectivity index (χ0n) is 11.0. The van der Waals surface area contributed by atoms with E-state index >= 15 is 0 Å². The molecule has 98 valence electrons. The average Bonchev–Trinajstić information content (AvgIpc) is 2.41. The standard InChI is InChI=1S/C12H18N4O2/c1-9-8-16(5-4-15(9)2)12-13-6-10(7-14-12)11(17)18-3/h6-7,9H,4-5,8H2,1-3H3/t9-/m1/s1. The number of esters is 1. The number of aromatic nitrogens is 2. The van der Waals surface area contributed by atoms with Crippen molar-refractivity contribution in [2.75, 3.05) is 38.7 Å². The maximum absolute atomic E-state index is 11.3. The SMILES string of the molecule is COC(=O)c1cnc(N2CCN(C)[C@H](C)C2)nc1. The quantitative estimate of drug-likeness (QED) is 0.708. The highest BCUT2D eigenvalue weighted by molar-refractivity contribution is 5.88. The van der Waals surface area contributed by atoms with Crippen molar-refractivity contribution in [2.45, 2.75) is 13.0 Å². The van der Waals surface area contributed by atoms with E-state index in [9.17, 15) is 4.79 Å². The van der Waals surface area contributed by atoms with Gasteiger partial charge in [-0.15, -0.1) is 0 Å². The van der Waals surface area contributed by atoms with Gasteiger partial charge in [0.1, 0.15) is 0 Å². The number of carbonyl (C=O) groups is 1. The first-order valence-electron chi connectivity index (χ1n) is 5.97. The van der Waals surface area contributed by atoms with Crippen molar-refractivity contribution in [2.24, 2.45) is 0 Å². The third-order valence-corrected chi connectivity index (χ3v) is 3.30. The first kappa shape index (κ1) is 12.8. The van der Waals surface area contributed by atoms with Gasteiger partial charge in [-0.2, -0.15) is 0 Å². The summed E-state index contributed by atoms with van der Waals surface area (Å²) in [5.74, 6) is 0.260. The Bertz CT molecular complexity index is 421. The van der Waals surface area contributed by atoms with E-state index in [1.807, 2.05) is 0 Å². The Hall–Kier alpha value is -1.69. The topological polar surface area (TPSA) is 58.6 Å². The molecule has 18 heavy (non-hydrogen) atoms. The highest BCUT2D eigenvalue weighted by Gasteiger charge is 2.22. The van der Waals surface area contributed by atoms with E-state index in [2.05, 4.69) is 38.5 Å². The van der Waals surface area contributed by atoms with Crippen LogP contribution in [0.2, 0.25) is 0 Å². The molecule has 0 amide bonds. The van der Waals surface area contributed by atoms with Crippen LogP contribution in [0.1, 0.15) is 17.3 Å². The van der Waals surface area contributed by atoms with Crippen molar-refractivity contribution < 1.29 is 9.53 Å². The predicted molar refractivity (Wildman–Crippen MR) is 67.7 cm³/mol. The third kappa shape index (κ3) is 2.59. The summed E-state index contributed by atoms with van der Waals surface area (Å²) in [7, 11) is 3.46. The molecule has 1 fully saturated rings. The van der Waals surface area contributed by atoms with Gasteiger partial charge in [-0.3, -0.25) is 0 Å². The molecule has 2 heterocycles. The fraction of sp³-hybridized carbons (Fsp3) is 0.583. The molecule has 1 aromatic rings. The van der Waals surface area contributed by atoms with Crippen LogP contribution in [0.3, 0.4) is 0 Å². The summed E-state index contributed by atoms with van der Waals surface area (Å²) in [5, 5.41) is 0. The van der Waals surface area contributed by atoms with Crippen LogP contribution in [0.4, 0.5) is 5.95 Å². The number of likely N-dealkylation sites (N-methyl/N-ethyl adjacent to an activating group) is 1. The Morgan fingerprint density at radius 1 is 1.39 bits per heavy atom. The van der Waals surface area contributed by atoms with Gasteiger partial charge in [0.15, 0.2) is 0 Å². The van der Waals surface area contributed by atoms with E-state index in [0.29, 0.717) is 17.6 Å². The Morgan fingerprint density at radius 3 is 2.61 bits per heavy atom. The van der Waals surface area contributed by atoms with Crippen LogP contribution in [0.15, 0.2) is 12.4 Å². The Morgan fingerprint density at radius 2 is 2.06 bits per heavy atom. The van der Waals surface area contributed by atoms with E-state index in [-0.39, 0.29) is 0 Å². The molecule has 0 radical (unpaired) electrons. The molecule has 1 saturated heterocycles. The second-order valence-electron chi connectivity index (χ2n) is 4.54. The van der Waals surface area contributed by atoms with Crippen LogP contribution in [-0.4, -0.2) is 60.7 Å².